The van der Waals surface area contributed by atoms with Crippen molar-refractivity contribution in [3.63, 3.8) is 0 Å². The van der Waals surface area contributed by atoms with E-state index in [2.05, 4.69) is 17.5 Å². The predicted octanol–water partition coefficient (Wildman–Crippen LogP) is 3.10. The molecule has 0 heterocycles. The molecule has 5 nitrogen and oxygen atoms in total. The Kier molecular flexibility index (Phi) is 6.37. The highest BCUT2D eigenvalue weighted by molar-refractivity contribution is 5.83. The molecule has 0 saturated carbocycles. The van der Waals surface area contributed by atoms with E-state index < -0.39 is 0 Å². The summed E-state index contributed by atoms with van der Waals surface area (Å²) in [5, 5.41) is 3.93. The van der Waals surface area contributed by atoms with Gasteiger partial charge in [0.1, 0.15) is 11.5 Å². The fourth-order valence-electron chi connectivity index (χ4n) is 2.16. The van der Waals surface area contributed by atoms with E-state index in [9.17, 15) is 4.79 Å². The average molecular weight is 326 g/mol. The molecular weight excluding hydrogens is 304 g/mol. The van der Waals surface area contributed by atoms with Crippen LogP contribution in [0.4, 0.5) is 0 Å². The Balaban J connectivity index is 1.80. The number of hydrazone groups is 1. The Bertz CT molecular complexity index is 709. The van der Waals surface area contributed by atoms with E-state index in [0.29, 0.717) is 5.75 Å². The van der Waals surface area contributed by atoms with Gasteiger partial charge in [-0.2, -0.15) is 5.10 Å². The molecule has 0 saturated heterocycles. The van der Waals surface area contributed by atoms with Crippen LogP contribution >= 0.6 is 0 Å². The number of ether oxygens (including phenoxy) is 2. The van der Waals surface area contributed by atoms with Gasteiger partial charge >= 0.3 is 0 Å². The number of hydrogen-bond acceptors (Lipinski definition) is 4. The van der Waals surface area contributed by atoms with Gasteiger partial charge in [-0.1, -0.05) is 19.1 Å². The summed E-state index contributed by atoms with van der Waals surface area (Å²) in [6, 6.07) is 13.3. The maximum Gasteiger partial charge on any atom is 0.277 e. The van der Waals surface area contributed by atoms with Crippen LogP contribution in [0.2, 0.25) is 0 Å². The second-order valence-electron chi connectivity index (χ2n) is 5.31. The Morgan fingerprint density at radius 2 is 1.96 bits per heavy atom. The lowest BCUT2D eigenvalue weighted by Crippen LogP contribution is -2.24. The first-order valence-corrected chi connectivity index (χ1v) is 7.80. The minimum Gasteiger partial charge on any atom is -0.496 e. The maximum atomic E-state index is 11.7. The van der Waals surface area contributed by atoms with E-state index in [4.69, 9.17) is 9.47 Å². The van der Waals surface area contributed by atoms with Crippen LogP contribution in [0.5, 0.6) is 11.5 Å². The summed E-state index contributed by atoms with van der Waals surface area (Å²) >= 11 is 0. The van der Waals surface area contributed by atoms with Crippen molar-refractivity contribution >= 4 is 12.1 Å². The molecule has 0 unspecified atom stereocenters. The SMILES string of the molecule is CCc1ccc(OCC(=O)N/N=C/c2ccc(OC)c(C)c2)cc1. The highest BCUT2D eigenvalue weighted by atomic mass is 16.5. The lowest BCUT2D eigenvalue weighted by Gasteiger charge is -2.06. The first-order chi connectivity index (χ1) is 11.6. The molecule has 0 aliphatic heterocycles. The van der Waals surface area contributed by atoms with Crippen molar-refractivity contribution in [1.82, 2.24) is 5.43 Å². The zero-order chi connectivity index (χ0) is 17.4. The van der Waals surface area contributed by atoms with Gasteiger partial charge in [0, 0.05) is 0 Å². The van der Waals surface area contributed by atoms with Crippen LogP contribution in [0.1, 0.15) is 23.6 Å². The number of nitrogens with zero attached hydrogens (tertiary/aromatic N) is 1. The molecule has 0 bridgehead atoms. The van der Waals surface area contributed by atoms with Crippen molar-refractivity contribution in [3.05, 3.63) is 59.2 Å². The van der Waals surface area contributed by atoms with Gasteiger partial charge in [-0.15, -0.1) is 0 Å². The van der Waals surface area contributed by atoms with Crippen molar-refractivity contribution < 1.29 is 14.3 Å². The third-order valence-corrected chi connectivity index (χ3v) is 3.52. The topological polar surface area (TPSA) is 59.9 Å². The number of nitrogens with one attached hydrogen (secondary N) is 1. The summed E-state index contributed by atoms with van der Waals surface area (Å²) in [6.45, 7) is 3.96. The van der Waals surface area contributed by atoms with Gasteiger partial charge in [0.2, 0.25) is 0 Å². The van der Waals surface area contributed by atoms with Gasteiger partial charge < -0.3 is 9.47 Å². The van der Waals surface area contributed by atoms with Crippen LogP contribution in [0.3, 0.4) is 0 Å². The molecule has 24 heavy (non-hydrogen) atoms. The Morgan fingerprint density at radius 3 is 2.58 bits per heavy atom. The minimum atomic E-state index is -0.309. The van der Waals surface area contributed by atoms with E-state index in [1.54, 1.807) is 13.3 Å². The molecule has 5 heteroatoms. The molecule has 2 aromatic rings. The summed E-state index contributed by atoms with van der Waals surface area (Å²) in [5.41, 5.74) is 5.56. The number of hydrogen-bond donors (Lipinski definition) is 1. The zero-order valence-corrected chi connectivity index (χ0v) is 14.2. The van der Waals surface area contributed by atoms with E-state index in [1.165, 1.54) is 5.56 Å². The Morgan fingerprint density at radius 1 is 1.21 bits per heavy atom. The largest absolute Gasteiger partial charge is 0.496 e. The van der Waals surface area contributed by atoms with E-state index >= 15 is 0 Å². The van der Waals surface area contributed by atoms with Crippen molar-refractivity contribution in [2.24, 2.45) is 5.10 Å². The van der Waals surface area contributed by atoms with Crippen molar-refractivity contribution in [3.8, 4) is 11.5 Å². The molecule has 126 valence electrons. The van der Waals surface area contributed by atoms with Crippen LogP contribution in [-0.4, -0.2) is 25.8 Å². The summed E-state index contributed by atoms with van der Waals surface area (Å²) < 4.78 is 10.6. The van der Waals surface area contributed by atoms with Crippen molar-refractivity contribution in [1.29, 1.82) is 0 Å². The second kappa shape index (κ2) is 8.72. The molecule has 2 rings (SSSR count). The molecule has 0 fully saturated rings. The lowest BCUT2D eigenvalue weighted by atomic mass is 10.1. The molecule has 0 spiro atoms. The van der Waals surface area contributed by atoms with Gasteiger partial charge in [-0.05, 0) is 60.4 Å². The lowest BCUT2D eigenvalue weighted by molar-refractivity contribution is -0.123. The van der Waals surface area contributed by atoms with E-state index in [1.807, 2.05) is 49.4 Å². The fourth-order valence-corrected chi connectivity index (χ4v) is 2.16. The molecular formula is C19H22N2O3. The Labute approximate surface area is 142 Å². The standard InChI is InChI=1S/C19H22N2O3/c1-4-15-5-8-17(9-6-15)24-13-19(22)21-20-12-16-7-10-18(23-3)14(2)11-16/h5-12H,4,13H2,1-3H3,(H,21,22)/b20-12+. The zero-order valence-electron chi connectivity index (χ0n) is 14.2. The normalized spacial score (nSPS) is 10.6. The highest BCUT2D eigenvalue weighted by Crippen LogP contribution is 2.17. The van der Waals surface area contributed by atoms with Crippen molar-refractivity contribution in [2.75, 3.05) is 13.7 Å². The molecule has 0 radical (unpaired) electrons. The third kappa shape index (κ3) is 5.12. The third-order valence-electron chi connectivity index (χ3n) is 3.52. The summed E-state index contributed by atoms with van der Waals surface area (Å²) in [7, 11) is 1.63. The van der Waals surface area contributed by atoms with Gasteiger partial charge in [0.05, 0.1) is 13.3 Å². The second-order valence-corrected chi connectivity index (χ2v) is 5.31. The molecule has 1 N–H and O–H groups in total. The number of rotatable bonds is 7. The predicted molar refractivity (Wildman–Crippen MR) is 94.8 cm³/mol. The molecule has 1 amide bonds. The molecule has 0 aliphatic carbocycles. The van der Waals surface area contributed by atoms with Gasteiger partial charge in [0.25, 0.3) is 5.91 Å². The van der Waals surface area contributed by atoms with Crippen LogP contribution in [0, 0.1) is 6.92 Å². The number of carbonyl (C=O) groups is 1. The van der Waals surface area contributed by atoms with Crippen LogP contribution in [-0.2, 0) is 11.2 Å². The molecule has 0 aliphatic rings. The number of amides is 1. The van der Waals surface area contributed by atoms with Crippen LogP contribution in [0.25, 0.3) is 0 Å². The molecule has 0 aromatic heterocycles. The first-order valence-electron chi connectivity index (χ1n) is 7.80. The van der Waals surface area contributed by atoms with Gasteiger partial charge in [-0.25, -0.2) is 5.43 Å². The number of carbonyl (C=O) groups excluding carboxylic acids is 1. The number of aryl methyl sites for hydroxylation is 2. The summed E-state index contributed by atoms with van der Waals surface area (Å²) in [4.78, 5) is 11.7. The number of benzene rings is 2. The van der Waals surface area contributed by atoms with Gasteiger partial charge in [0.15, 0.2) is 6.61 Å². The van der Waals surface area contributed by atoms with E-state index in [-0.39, 0.29) is 12.5 Å². The smallest absolute Gasteiger partial charge is 0.277 e. The summed E-state index contributed by atoms with van der Waals surface area (Å²) in [6.07, 6.45) is 2.56. The van der Waals surface area contributed by atoms with Crippen LogP contribution < -0.4 is 14.9 Å². The summed E-state index contributed by atoms with van der Waals surface area (Å²) in [5.74, 6) is 1.17. The van der Waals surface area contributed by atoms with E-state index in [0.717, 1.165) is 23.3 Å². The number of methoxy groups -OCH3 is 1. The Hall–Kier alpha value is -2.82. The van der Waals surface area contributed by atoms with Crippen molar-refractivity contribution in [2.45, 2.75) is 20.3 Å². The molecule has 0 atom stereocenters. The quantitative estimate of drug-likeness (QED) is 0.628. The maximum absolute atomic E-state index is 11.7. The van der Waals surface area contributed by atoms with Gasteiger partial charge in [-0.3, -0.25) is 4.79 Å². The molecule has 2 aromatic carbocycles. The minimum absolute atomic E-state index is 0.0789. The fraction of sp³-hybridized carbons (Fsp3) is 0.263. The first kappa shape index (κ1) is 17.5. The monoisotopic (exact) mass is 326 g/mol. The average Bonchev–Trinajstić information content (AvgIpc) is 2.60. The highest BCUT2D eigenvalue weighted by Gasteiger charge is 2.02. The van der Waals surface area contributed by atoms with Crippen LogP contribution in [0.15, 0.2) is 47.6 Å².